The van der Waals surface area contributed by atoms with Gasteiger partial charge in [-0.1, -0.05) is 0 Å². The first-order valence-corrected chi connectivity index (χ1v) is 5.82. The van der Waals surface area contributed by atoms with Gasteiger partial charge < -0.3 is 35.3 Å². The summed E-state index contributed by atoms with van der Waals surface area (Å²) in [5.74, 6) is -1.96. The van der Waals surface area contributed by atoms with Crippen LogP contribution in [0.25, 0.3) is 0 Å². The lowest BCUT2D eigenvalue weighted by Gasteiger charge is -2.31. The molecule has 1 amide bonds. The van der Waals surface area contributed by atoms with Crippen molar-refractivity contribution >= 4 is 18.2 Å². The van der Waals surface area contributed by atoms with Crippen molar-refractivity contribution < 1.29 is 39.5 Å². The minimum Gasteiger partial charge on any atom is -0.479 e. The molecule has 0 fully saturated rings. The second kappa shape index (κ2) is 8.59. The molecule has 0 aliphatic rings. The van der Waals surface area contributed by atoms with Crippen LogP contribution in [0.3, 0.4) is 0 Å². The van der Waals surface area contributed by atoms with Gasteiger partial charge in [-0.3, -0.25) is 4.79 Å². The van der Waals surface area contributed by atoms with E-state index in [0.29, 0.717) is 0 Å². The Labute approximate surface area is 115 Å². The Balaban J connectivity index is 5.15. The van der Waals surface area contributed by atoms with Crippen molar-refractivity contribution in [2.24, 2.45) is 0 Å². The van der Waals surface area contributed by atoms with Crippen LogP contribution in [0.1, 0.15) is 13.8 Å². The van der Waals surface area contributed by atoms with Crippen molar-refractivity contribution in [1.29, 1.82) is 0 Å². The maximum Gasteiger partial charge on any atom is 0.332 e. The lowest BCUT2D eigenvalue weighted by atomic mass is 10.0. The van der Waals surface area contributed by atoms with E-state index in [1.165, 1.54) is 0 Å². The highest BCUT2D eigenvalue weighted by atomic mass is 16.5. The third-order valence-corrected chi connectivity index (χ3v) is 2.50. The van der Waals surface area contributed by atoms with Gasteiger partial charge in [0, 0.05) is 6.92 Å². The quantitative estimate of drug-likeness (QED) is 0.287. The molecule has 0 aromatic heterocycles. The van der Waals surface area contributed by atoms with Crippen molar-refractivity contribution in [1.82, 2.24) is 5.32 Å². The van der Waals surface area contributed by atoms with Crippen LogP contribution in [0.5, 0.6) is 0 Å². The summed E-state index contributed by atoms with van der Waals surface area (Å²) in [4.78, 5) is 32.7. The number of rotatable bonds is 9. The number of amides is 1. The fourth-order valence-corrected chi connectivity index (χ4v) is 1.43. The molecule has 5 N–H and O–H groups in total. The van der Waals surface area contributed by atoms with E-state index >= 15 is 0 Å². The number of aliphatic hydroxyl groups excluding tert-OH is 3. The third kappa shape index (κ3) is 5.61. The summed E-state index contributed by atoms with van der Waals surface area (Å²) < 4.78 is 4.98. The lowest BCUT2D eigenvalue weighted by molar-refractivity contribution is -0.168. The van der Waals surface area contributed by atoms with Crippen LogP contribution in [0.2, 0.25) is 0 Å². The molecular formula is C11H19NO8. The van der Waals surface area contributed by atoms with Crippen LogP contribution < -0.4 is 5.32 Å². The minimum atomic E-state index is -1.76. The zero-order chi connectivity index (χ0) is 15.9. The first kappa shape index (κ1) is 18.4. The molecule has 0 aliphatic heterocycles. The maximum atomic E-state index is 11.0. The Kier molecular flexibility index (Phi) is 7.92. The summed E-state index contributed by atoms with van der Waals surface area (Å²) >= 11 is 0. The molecule has 0 saturated carbocycles. The second-order valence-electron chi connectivity index (χ2n) is 4.18. The highest BCUT2D eigenvalue weighted by Gasteiger charge is 2.36. The summed E-state index contributed by atoms with van der Waals surface area (Å²) in [5.41, 5.74) is 0. The van der Waals surface area contributed by atoms with Gasteiger partial charge in [0.15, 0.2) is 6.10 Å². The fourth-order valence-electron chi connectivity index (χ4n) is 1.43. The molecular weight excluding hydrogens is 274 g/mol. The summed E-state index contributed by atoms with van der Waals surface area (Å²) in [5, 5.41) is 38.8. The van der Waals surface area contributed by atoms with Crippen molar-refractivity contribution in [3.63, 3.8) is 0 Å². The van der Waals surface area contributed by atoms with E-state index in [1.807, 2.05) is 0 Å². The average molecular weight is 293 g/mol. The Hall–Kier alpha value is -1.55. The molecule has 9 nitrogen and oxygen atoms in total. The highest BCUT2D eigenvalue weighted by Crippen LogP contribution is 2.12. The first-order valence-electron chi connectivity index (χ1n) is 5.82. The third-order valence-electron chi connectivity index (χ3n) is 2.50. The Bertz CT molecular complexity index is 347. The SMILES string of the molecule is CC(=O)N[C@H](C=O)[C@H](O[C@H](C)C(=O)O)[C@H](O)[C@@H](O)CO. The van der Waals surface area contributed by atoms with Gasteiger partial charge in [-0.15, -0.1) is 0 Å². The van der Waals surface area contributed by atoms with E-state index in [4.69, 9.17) is 14.9 Å². The van der Waals surface area contributed by atoms with Gasteiger partial charge in [-0.2, -0.15) is 0 Å². The van der Waals surface area contributed by atoms with Crippen LogP contribution in [0.15, 0.2) is 0 Å². The second-order valence-corrected chi connectivity index (χ2v) is 4.18. The van der Waals surface area contributed by atoms with Gasteiger partial charge in [0.1, 0.15) is 30.6 Å². The number of hydrogen-bond acceptors (Lipinski definition) is 7. The zero-order valence-electron chi connectivity index (χ0n) is 11.1. The van der Waals surface area contributed by atoms with Gasteiger partial charge in [0.25, 0.3) is 0 Å². The highest BCUT2D eigenvalue weighted by molar-refractivity contribution is 5.77. The van der Waals surface area contributed by atoms with E-state index in [-0.39, 0.29) is 6.29 Å². The number of aldehydes is 1. The molecule has 20 heavy (non-hydrogen) atoms. The van der Waals surface area contributed by atoms with Crippen LogP contribution in [0, 0.1) is 0 Å². The topological polar surface area (TPSA) is 153 Å². The fraction of sp³-hybridized carbons (Fsp3) is 0.727. The minimum absolute atomic E-state index is 0.244. The molecule has 0 aromatic carbocycles. The van der Waals surface area contributed by atoms with Crippen molar-refractivity contribution in [2.45, 2.75) is 44.3 Å². The monoisotopic (exact) mass is 293 g/mol. The van der Waals surface area contributed by atoms with Crippen LogP contribution in [0.4, 0.5) is 0 Å². The molecule has 0 unspecified atom stereocenters. The summed E-state index contributed by atoms with van der Waals surface area (Å²) in [7, 11) is 0. The van der Waals surface area contributed by atoms with Crippen molar-refractivity contribution in [2.75, 3.05) is 6.61 Å². The molecule has 0 radical (unpaired) electrons. The normalized spacial score (nSPS) is 18.4. The van der Waals surface area contributed by atoms with Crippen LogP contribution in [-0.4, -0.2) is 75.7 Å². The number of hydrogen-bond donors (Lipinski definition) is 5. The largest absolute Gasteiger partial charge is 0.479 e. The van der Waals surface area contributed by atoms with E-state index in [9.17, 15) is 24.6 Å². The zero-order valence-corrected chi connectivity index (χ0v) is 11.1. The number of nitrogens with one attached hydrogen (secondary N) is 1. The van der Waals surface area contributed by atoms with Gasteiger partial charge in [0.2, 0.25) is 5.91 Å². The number of carboxylic acids is 1. The molecule has 116 valence electrons. The van der Waals surface area contributed by atoms with Crippen LogP contribution >= 0.6 is 0 Å². The summed E-state index contributed by atoms with van der Waals surface area (Å²) in [6.45, 7) is 1.44. The van der Waals surface area contributed by atoms with Gasteiger partial charge in [-0.25, -0.2) is 4.79 Å². The number of carbonyl (C=O) groups excluding carboxylic acids is 2. The molecule has 0 aliphatic carbocycles. The van der Waals surface area contributed by atoms with E-state index in [2.05, 4.69) is 5.32 Å². The molecule has 9 heteroatoms. The predicted molar refractivity (Wildman–Crippen MR) is 64.7 cm³/mol. The van der Waals surface area contributed by atoms with Crippen molar-refractivity contribution in [3.05, 3.63) is 0 Å². The lowest BCUT2D eigenvalue weighted by Crippen LogP contribution is -2.55. The van der Waals surface area contributed by atoms with Gasteiger partial charge in [0.05, 0.1) is 6.61 Å². The smallest absolute Gasteiger partial charge is 0.332 e. The number of aliphatic carboxylic acids is 1. The van der Waals surface area contributed by atoms with Crippen LogP contribution in [-0.2, 0) is 19.1 Å². The first-order chi connectivity index (χ1) is 9.24. The Morgan fingerprint density at radius 2 is 1.90 bits per heavy atom. The maximum absolute atomic E-state index is 11.0. The summed E-state index contributed by atoms with van der Waals surface area (Å²) in [6.07, 6.45) is -6.09. The van der Waals surface area contributed by atoms with Crippen molar-refractivity contribution in [3.8, 4) is 0 Å². The number of carboxylic acid groups (broad SMARTS) is 1. The predicted octanol–water partition coefficient (Wildman–Crippen LogP) is -2.74. The number of carbonyl (C=O) groups is 3. The average Bonchev–Trinajstić information content (AvgIpc) is 2.39. The number of ether oxygens (including phenoxy) is 1. The number of aliphatic hydroxyl groups is 3. The Morgan fingerprint density at radius 3 is 2.25 bits per heavy atom. The van der Waals surface area contributed by atoms with E-state index in [0.717, 1.165) is 13.8 Å². The molecule has 0 saturated heterocycles. The molecule has 0 heterocycles. The van der Waals surface area contributed by atoms with Gasteiger partial charge >= 0.3 is 5.97 Å². The van der Waals surface area contributed by atoms with Gasteiger partial charge in [-0.05, 0) is 6.92 Å². The van der Waals surface area contributed by atoms with E-state index in [1.54, 1.807) is 0 Å². The molecule has 0 aromatic rings. The molecule has 0 rings (SSSR count). The Morgan fingerprint density at radius 1 is 1.35 bits per heavy atom. The molecule has 5 atom stereocenters. The summed E-state index contributed by atoms with van der Waals surface area (Å²) in [6, 6.07) is -1.37. The molecule has 0 bridgehead atoms. The standard InChI is InChI=1S/C11H19NO8/c1-5(11(18)19)20-10(9(17)8(16)4-14)7(3-13)12-6(2)15/h3,5,7-10,14,16-17H,4H2,1-2H3,(H,12,15)(H,18,19)/t5-,7-,8+,9-,10+/m1/s1. The van der Waals surface area contributed by atoms with E-state index < -0.39 is 48.9 Å². The molecule has 0 spiro atoms.